The van der Waals surface area contributed by atoms with E-state index in [-0.39, 0.29) is 11.7 Å². The number of nitrogens with zero attached hydrogens (tertiary/aromatic N) is 3. The number of aromatic nitrogens is 2. The monoisotopic (exact) mass is 286 g/mol. The maximum atomic E-state index is 11.7. The molecular weight excluding hydrogens is 268 g/mol. The number of aryl methyl sites for hydroxylation is 3. The molecule has 0 fully saturated rings. The van der Waals surface area contributed by atoms with Crippen molar-refractivity contribution in [2.45, 2.75) is 26.8 Å². The first-order valence-electron chi connectivity index (χ1n) is 6.66. The number of rotatable bonds is 5. The molecule has 0 spiro atoms. The second-order valence-corrected chi connectivity index (χ2v) is 4.78. The summed E-state index contributed by atoms with van der Waals surface area (Å²) in [5.74, 6) is 0.0265. The highest BCUT2D eigenvalue weighted by atomic mass is 16.3. The lowest BCUT2D eigenvalue weighted by atomic mass is 10.2. The van der Waals surface area contributed by atoms with Gasteiger partial charge in [0.15, 0.2) is 0 Å². The number of aromatic hydroxyl groups is 1. The summed E-state index contributed by atoms with van der Waals surface area (Å²) in [4.78, 5) is 11.7. The van der Waals surface area contributed by atoms with Gasteiger partial charge in [-0.3, -0.25) is 9.48 Å². The minimum Gasteiger partial charge on any atom is -0.508 e. The van der Waals surface area contributed by atoms with Crippen molar-refractivity contribution >= 4 is 12.1 Å². The maximum absolute atomic E-state index is 11.7. The summed E-state index contributed by atoms with van der Waals surface area (Å²) in [5, 5.41) is 17.3. The highest BCUT2D eigenvalue weighted by Gasteiger charge is 2.04. The molecule has 0 unspecified atom stereocenters. The summed E-state index contributed by atoms with van der Waals surface area (Å²) in [6.07, 6.45) is 1.84. The maximum Gasteiger partial charge on any atom is 0.241 e. The first-order chi connectivity index (χ1) is 10.0. The van der Waals surface area contributed by atoms with Crippen LogP contribution < -0.4 is 5.43 Å². The molecule has 0 aliphatic carbocycles. The molecule has 0 aliphatic heterocycles. The van der Waals surface area contributed by atoms with Crippen LogP contribution in [-0.4, -0.2) is 27.0 Å². The fourth-order valence-corrected chi connectivity index (χ4v) is 1.90. The second kappa shape index (κ2) is 6.69. The predicted octanol–water partition coefficient (Wildman–Crippen LogP) is 1.75. The van der Waals surface area contributed by atoms with Crippen molar-refractivity contribution in [1.29, 1.82) is 0 Å². The molecule has 21 heavy (non-hydrogen) atoms. The zero-order chi connectivity index (χ0) is 15.2. The van der Waals surface area contributed by atoms with Crippen molar-refractivity contribution in [2.24, 2.45) is 5.10 Å². The van der Waals surface area contributed by atoms with E-state index in [1.165, 1.54) is 6.21 Å². The van der Waals surface area contributed by atoms with E-state index in [2.05, 4.69) is 15.6 Å². The summed E-state index contributed by atoms with van der Waals surface area (Å²) in [5.41, 5.74) is 5.24. The molecule has 0 radical (unpaired) electrons. The van der Waals surface area contributed by atoms with Gasteiger partial charge >= 0.3 is 0 Å². The first-order valence-corrected chi connectivity index (χ1v) is 6.66. The third-order valence-electron chi connectivity index (χ3n) is 2.95. The Hall–Kier alpha value is -2.63. The minimum absolute atomic E-state index is 0.169. The van der Waals surface area contributed by atoms with Crippen LogP contribution in [-0.2, 0) is 11.3 Å². The highest BCUT2D eigenvalue weighted by Crippen LogP contribution is 2.07. The Kier molecular flexibility index (Phi) is 4.71. The van der Waals surface area contributed by atoms with Crippen LogP contribution in [0.1, 0.15) is 23.4 Å². The molecule has 0 atom stereocenters. The quantitative estimate of drug-likeness (QED) is 0.649. The standard InChI is InChI=1S/C15H18N4O2/c1-11-9-12(2)19(18-11)8-7-15(21)17-16-10-13-3-5-14(20)6-4-13/h3-6,9-10,20H,7-8H2,1-2H3,(H,17,21)/b16-10+. The number of hydrogen-bond acceptors (Lipinski definition) is 4. The number of hydrogen-bond donors (Lipinski definition) is 2. The number of nitrogens with one attached hydrogen (secondary N) is 1. The van der Waals surface area contributed by atoms with Crippen molar-refractivity contribution in [1.82, 2.24) is 15.2 Å². The summed E-state index contributed by atoms with van der Waals surface area (Å²) >= 11 is 0. The van der Waals surface area contributed by atoms with Gasteiger partial charge in [0.1, 0.15) is 5.75 Å². The number of phenolic OH excluding ortho intramolecular Hbond substituents is 1. The lowest BCUT2D eigenvalue weighted by Gasteiger charge is -2.03. The number of benzene rings is 1. The van der Waals surface area contributed by atoms with E-state index in [1.54, 1.807) is 28.9 Å². The number of phenols is 1. The highest BCUT2D eigenvalue weighted by molar-refractivity contribution is 5.82. The van der Waals surface area contributed by atoms with Crippen molar-refractivity contribution in [2.75, 3.05) is 0 Å². The van der Waals surface area contributed by atoms with Gasteiger partial charge in [-0.1, -0.05) is 0 Å². The molecule has 1 aromatic heterocycles. The lowest BCUT2D eigenvalue weighted by Crippen LogP contribution is -2.20. The second-order valence-electron chi connectivity index (χ2n) is 4.78. The van der Waals surface area contributed by atoms with Crippen LogP contribution in [0.3, 0.4) is 0 Å². The smallest absolute Gasteiger partial charge is 0.241 e. The fraction of sp³-hybridized carbons (Fsp3) is 0.267. The Labute approximate surface area is 123 Å². The minimum atomic E-state index is -0.169. The third kappa shape index (κ3) is 4.45. The average Bonchev–Trinajstić information content (AvgIpc) is 2.77. The summed E-state index contributed by atoms with van der Waals surface area (Å²) < 4.78 is 1.80. The van der Waals surface area contributed by atoms with Crippen LogP contribution in [0.15, 0.2) is 35.4 Å². The third-order valence-corrected chi connectivity index (χ3v) is 2.95. The number of carbonyl (C=O) groups is 1. The molecule has 0 bridgehead atoms. The SMILES string of the molecule is Cc1cc(C)n(CCC(=O)N/N=C/c2ccc(O)cc2)n1. The Morgan fingerprint density at radius 1 is 1.38 bits per heavy atom. The number of carbonyl (C=O) groups excluding carboxylic acids is 1. The summed E-state index contributed by atoms with van der Waals surface area (Å²) in [6, 6.07) is 8.51. The number of amides is 1. The topological polar surface area (TPSA) is 79.5 Å². The van der Waals surface area contributed by atoms with Gasteiger partial charge in [-0.15, -0.1) is 0 Å². The molecule has 1 amide bonds. The lowest BCUT2D eigenvalue weighted by molar-refractivity contribution is -0.121. The largest absolute Gasteiger partial charge is 0.508 e. The molecular formula is C15H18N4O2. The molecule has 0 aliphatic rings. The van der Waals surface area contributed by atoms with E-state index in [4.69, 9.17) is 5.11 Å². The van der Waals surface area contributed by atoms with Crippen molar-refractivity contribution in [3.63, 3.8) is 0 Å². The van der Waals surface area contributed by atoms with E-state index < -0.39 is 0 Å². The molecule has 6 nitrogen and oxygen atoms in total. The van der Waals surface area contributed by atoms with Gasteiger partial charge in [-0.05, 0) is 49.7 Å². The zero-order valence-electron chi connectivity index (χ0n) is 12.1. The van der Waals surface area contributed by atoms with E-state index in [9.17, 15) is 4.79 Å². The van der Waals surface area contributed by atoms with Crippen molar-refractivity contribution < 1.29 is 9.90 Å². The summed E-state index contributed by atoms with van der Waals surface area (Å²) in [7, 11) is 0. The molecule has 110 valence electrons. The first kappa shape index (κ1) is 14.8. The van der Waals surface area contributed by atoms with Gasteiger partial charge < -0.3 is 5.11 Å². The zero-order valence-corrected chi connectivity index (χ0v) is 12.1. The summed E-state index contributed by atoms with van der Waals surface area (Å²) in [6.45, 7) is 4.41. The molecule has 6 heteroatoms. The van der Waals surface area contributed by atoms with Gasteiger partial charge in [0.2, 0.25) is 5.91 Å². The Bertz CT molecular complexity index is 644. The van der Waals surface area contributed by atoms with E-state index in [0.29, 0.717) is 13.0 Å². The van der Waals surface area contributed by atoms with Gasteiger partial charge in [0.05, 0.1) is 18.5 Å². The van der Waals surface area contributed by atoms with Crippen LogP contribution in [0.4, 0.5) is 0 Å². The van der Waals surface area contributed by atoms with Gasteiger partial charge in [-0.2, -0.15) is 10.2 Å². The molecule has 1 aromatic carbocycles. The average molecular weight is 286 g/mol. The Morgan fingerprint density at radius 3 is 2.71 bits per heavy atom. The molecule has 0 saturated carbocycles. The van der Waals surface area contributed by atoms with E-state index >= 15 is 0 Å². The van der Waals surface area contributed by atoms with Crippen molar-refractivity contribution in [3.8, 4) is 5.75 Å². The van der Waals surface area contributed by atoms with Crippen LogP contribution in [0.5, 0.6) is 5.75 Å². The van der Waals surface area contributed by atoms with Gasteiger partial charge in [-0.25, -0.2) is 5.43 Å². The normalized spacial score (nSPS) is 11.0. The molecule has 2 aromatic rings. The molecule has 0 saturated heterocycles. The fourth-order valence-electron chi connectivity index (χ4n) is 1.90. The molecule has 2 rings (SSSR count). The van der Waals surface area contributed by atoms with E-state index in [1.807, 2.05) is 19.9 Å². The van der Waals surface area contributed by atoms with Gasteiger partial charge in [0.25, 0.3) is 0 Å². The molecule has 1 heterocycles. The Balaban J connectivity index is 1.79. The van der Waals surface area contributed by atoms with E-state index in [0.717, 1.165) is 17.0 Å². The van der Waals surface area contributed by atoms with Crippen LogP contribution in [0.25, 0.3) is 0 Å². The van der Waals surface area contributed by atoms with Crippen LogP contribution in [0, 0.1) is 13.8 Å². The molecule has 2 N–H and O–H groups in total. The number of hydrazone groups is 1. The Morgan fingerprint density at radius 2 is 2.10 bits per heavy atom. The van der Waals surface area contributed by atoms with Crippen LogP contribution >= 0.6 is 0 Å². The van der Waals surface area contributed by atoms with Gasteiger partial charge in [0, 0.05) is 12.1 Å². The predicted molar refractivity (Wildman–Crippen MR) is 80.2 cm³/mol. The van der Waals surface area contributed by atoms with Crippen molar-refractivity contribution in [3.05, 3.63) is 47.3 Å². The van der Waals surface area contributed by atoms with Crippen LogP contribution in [0.2, 0.25) is 0 Å².